The Bertz CT molecular complexity index is 756. The first-order valence-corrected chi connectivity index (χ1v) is 11.6. The molecule has 1 saturated heterocycles. The number of nitrogens with two attached hydrogens (primary N) is 1. The fourth-order valence-corrected chi connectivity index (χ4v) is 3.81. The van der Waals surface area contributed by atoms with Crippen molar-refractivity contribution in [2.45, 2.75) is 63.6 Å². The maximum absolute atomic E-state index is 10.4. The molecule has 0 radical (unpaired) electrons. The number of ether oxygens (including phenoxy) is 1. The molecule has 0 aromatic carbocycles. The standard InChI is InChI=1S/C17H28N4O3Si/c1-17(2,3)25(4,5)23-9-15-13(22)8-14(24-15)11-6-7-12-16(18)19-10-20-21(11)12/h6-7,10,13-15,22H,8-9H2,1-5H3,(H2,18,19,20)/t13-,14+,15+/m0/s1. The molecule has 3 rings (SSSR count). The fraction of sp³-hybridized carbons (Fsp3) is 0.647. The van der Waals surface area contributed by atoms with E-state index in [4.69, 9.17) is 14.9 Å². The smallest absolute Gasteiger partial charge is 0.192 e. The number of hydrogen-bond acceptors (Lipinski definition) is 6. The minimum absolute atomic E-state index is 0.127. The van der Waals surface area contributed by atoms with E-state index >= 15 is 0 Å². The zero-order chi connectivity index (χ0) is 18.4. The summed E-state index contributed by atoms with van der Waals surface area (Å²) in [5, 5.41) is 14.8. The Balaban J connectivity index is 1.72. The number of aliphatic hydroxyl groups excluding tert-OH is 1. The lowest BCUT2D eigenvalue weighted by Crippen LogP contribution is -2.43. The molecule has 1 aliphatic rings. The molecule has 7 nitrogen and oxygen atoms in total. The molecule has 0 saturated carbocycles. The van der Waals surface area contributed by atoms with Gasteiger partial charge in [-0.1, -0.05) is 20.8 Å². The van der Waals surface area contributed by atoms with Crippen LogP contribution in [-0.4, -0.2) is 46.8 Å². The predicted octanol–water partition coefficient (Wildman–Crippen LogP) is 2.52. The molecule has 2 aromatic heterocycles. The fourth-order valence-electron chi connectivity index (χ4n) is 2.79. The lowest BCUT2D eigenvalue weighted by atomic mass is 10.1. The summed E-state index contributed by atoms with van der Waals surface area (Å²) in [5.74, 6) is 0.428. The third kappa shape index (κ3) is 3.44. The van der Waals surface area contributed by atoms with E-state index < -0.39 is 14.4 Å². The monoisotopic (exact) mass is 364 g/mol. The minimum Gasteiger partial charge on any atom is -0.414 e. The summed E-state index contributed by atoms with van der Waals surface area (Å²) < 4.78 is 14.1. The molecule has 0 unspecified atom stereocenters. The summed E-state index contributed by atoms with van der Waals surface area (Å²) in [6.45, 7) is 11.4. The van der Waals surface area contributed by atoms with Gasteiger partial charge >= 0.3 is 0 Å². The molecular formula is C17H28N4O3Si. The van der Waals surface area contributed by atoms with Crippen molar-refractivity contribution in [1.82, 2.24) is 14.6 Å². The van der Waals surface area contributed by atoms with E-state index in [0.29, 0.717) is 18.8 Å². The topological polar surface area (TPSA) is 94.9 Å². The van der Waals surface area contributed by atoms with Gasteiger partial charge in [0.1, 0.15) is 24.1 Å². The number of hydrogen-bond donors (Lipinski definition) is 2. The quantitative estimate of drug-likeness (QED) is 0.810. The van der Waals surface area contributed by atoms with Crippen molar-refractivity contribution in [1.29, 1.82) is 0 Å². The number of aliphatic hydroxyl groups is 1. The van der Waals surface area contributed by atoms with Crippen molar-refractivity contribution < 1.29 is 14.3 Å². The van der Waals surface area contributed by atoms with E-state index in [-0.39, 0.29) is 17.2 Å². The first kappa shape index (κ1) is 18.3. The molecule has 1 aliphatic heterocycles. The summed E-state index contributed by atoms with van der Waals surface area (Å²) in [7, 11) is -1.87. The van der Waals surface area contributed by atoms with Crippen LogP contribution in [0.4, 0.5) is 5.82 Å². The van der Waals surface area contributed by atoms with Crippen molar-refractivity contribution >= 4 is 19.7 Å². The van der Waals surface area contributed by atoms with Crippen LogP contribution in [-0.2, 0) is 9.16 Å². The van der Waals surface area contributed by atoms with Gasteiger partial charge in [0.15, 0.2) is 14.1 Å². The molecule has 0 spiro atoms. The van der Waals surface area contributed by atoms with E-state index in [1.165, 1.54) is 6.33 Å². The number of nitrogen functional groups attached to an aromatic ring is 1. The molecule has 3 atom stereocenters. The van der Waals surface area contributed by atoms with Gasteiger partial charge in [0.2, 0.25) is 0 Å². The van der Waals surface area contributed by atoms with E-state index in [1.54, 1.807) is 4.52 Å². The highest BCUT2D eigenvalue weighted by Gasteiger charge is 2.41. The number of nitrogens with zero attached hydrogens (tertiary/aromatic N) is 3. The number of rotatable bonds is 4. The Morgan fingerprint density at radius 3 is 2.80 bits per heavy atom. The second-order valence-corrected chi connectivity index (χ2v) is 13.0. The van der Waals surface area contributed by atoms with Gasteiger partial charge in [0.05, 0.1) is 18.4 Å². The first-order chi connectivity index (χ1) is 11.6. The van der Waals surface area contributed by atoms with Gasteiger partial charge in [-0.2, -0.15) is 5.10 Å². The van der Waals surface area contributed by atoms with Crippen LogP contribution in [0.15, 0.2) is 18.5 Å². The van der Waals surface area contributed by atoms with E-state index in [2.05, 4.69) is 43.9 Å². The first-order valence-electron chi connectivity index (χ1n) is 8.66. The molecule has 2 aromatic rings. The van der Waals surface area contributed by atoms with Gasteiger partial charge in [-0.3, -0.25) is 0 Å². The van der Waals surface area contributed by atoms with E-state index in [0.717, 1.165) is 11.2 Å². The highest BCUT2D eigenvalue weighted by Crippen LogP contribution is 2.38. The average Bonchev–Trinajstić information content (AvgIpc) is 3.08. The van der Waals surface area contributed by atoms with Gasteiger partial charge in [0.25, 0.3) is 0 Å². The zero-order valence-corrected chi connectivity index (χ0v) is 16.6. The van der Waals surface area contributed by atoms with Crippen LogP contribution in [0, 0.1) is 0 Å². The summed E-state index contributed by atoms with van der Waals surface area (Å²) in [6, 6.07) is 3.80. The van der Waals surface area contributed by atoms with Crippen LogP contribution in [0.2, 0.25) is 18.1 Å². The molecule has 0 aliphatic carbocycles. The maximum Gasteiger partial charge on any atom is 0.192 e. The average molecular weight is 365 g/mol. The number of aromatic nitrogens is 3. The van der Waals surface area contributed by atoms with Crippen LogP contribution >= 0.6 is 0 Å². The van der Waals surface area contributed by atoms with E-state index in [1.807, 2.05) is 12.1 Å². The zero-order valence-electron chi connectivity index (χ0n) is 15.6. The van der Waals surface area contributed by atoms with Crippen LogP contribution in [0.25, 0.3) is 5.52 Å². The molecular weight excluding hydrogens is 336 g/mol. The number of anilines is 1. The molecule has 3 N–H and O–H groups in total. The Morgan fingerprint density at radius 1 is 1.40 bits per heavy atom. The molecule has 25 heavy (non-hydrogen) atoms. The largest absolute Gasteiger partial charge is 0.414 e. The van der Waals surface area contributed by atoms with Gasteiger partial charge < -0.3 is 20.0 Å². The van der Waals surface area contributed by atoms with Gasteiger partial charge in [-0.15, -0.1) is 0 Å². The molecule has 0 bridgehead atoms. The second kappa shape index (κ2) is 6.35. The highest BCUT2D eigenvalue weighted by atomic mass is 28.4. The summed E-state index contributed by atoms with van der Waals surface area (Å²) in [5.41, 5.74) is 7.50. The minimum atomic E-state index is -1.87. The lowest BCUT2D eigenvalue weighted by Gasteiger charge is -2.37. The maximum atomic E-state index is 10.4. The lowest BCUT2D eigenvalue weighted by molar-refractivity contribution is -0.0209. The number of fused-ring (bicyclic) bond motifs is 1. The normalized spacial score (nSPS) is 25.0. The highest BCUT2D eigenvalue weighted by molar-refractivity contribution is 6.74. The van der Waals surface area contributed by atoms with Gasteiger partial charge in [-0.05, 0) is 30.3 Å². The SMILES string of the molecule is CC(C)(C)[Si](C)(C)OC[C@H]1O[C@@H](c2ccc3c(N)ncnn23)C[C@@H]1O. The molecule has 0 amide bonds. The third-order valence-electron chi connectivity index (χ3n) is 5.48. The Labute approximate surface area is 149 Å². The van der Waals surface area contributed by atoms with Gasteiger partial charge in [-0.25, -0.2) is 9.50 Å². The summed E-state index contributed by atoms with van der Waals surface area (Å²) in [6.07, 6.45) is 0.819. The Morgan fingerprint density at radius 2 is 2.12 bits per heavy atom. The predicted molar refractivity (Wildman–Crippen MR) is 98.8 cm³/mol. The molecule has 1 fully saturated rings. The molecule has 3 heterocycles. The van der Waals surface area contributed by atoms with Crippen molar-refractivity contribution in [3.8, 4) is 0 Å². The van der Waals surface area contributed by atoms with Crippen molar-refractivity contribution in [2.24, 2.45) is 0 Å². The van der Waals surface area contributed by atoms with Crippen molar-refractivity contribution in [3.63, 3.8) is 0 Å². The summed E-state index contributed by atoms with van der Waals surface area (Å²) in [4.78, 5) is 4.00. The second-order valence-electron chi connectivity index (χ2n) is 8.24. The molecule has 138 valence electrons. The van der Waals surface area contributed by atoms with Crippen LogP contribution in [0.1, 0.15) is 39.0 Å². The van der Waals surface area contributed by atoms with Crippen LogP contribution < -0.4 is 5.73 Å². The van der Waals surface area contributed by atoms with Crippen molar-refractivity contribution in [3.05, 3.63) is 24.2 Å². The van der Waals surface area contributed by atoms with Gasteiger partial charge in [0, 0.05) is 6.42 Å². The van der Waals surface area contributed by atoms with Crippen LogP contribution in [0.3, 0.4) is 0 Å². The van der Waals surface area contributed by atoms with E-state index in [9.17, 15) is 5.11 Å². The van der Waals surface area contributed by atoms with Crippen molar-refractivity contribution in [2.75, 3.05) is 12.3 Å². The third-order valence-corrected chi connectivity index (χ3v) is 9.98. The molecule has 8 heteroatoms. The summed E-state index contributed by atoms with van der Waals surface area (Å²) >= 11 is 0. The Kier molecular flexibility index (Phi) is 4.65. The Hall–Kier alpha value is -1.48. The van der Waals surface area contributed by atoms with Crippen LogP contribution in [0.5, 0.6) is 0 Å².